The second-order valence-electron chi connectivity index (χ2n) is 3.76. The van der Waals surface area contributed by atoms with Gasteiger partial charge in [-0.1, -0.05) is 0 Å². The van der Waals surface area contributed by atoms with Crippen molar-refractivity contribution in [3.8, 4) is 23.3 Å². The van der Waals surface area contributed by atoms with E-state index >= 15 is 0 Å². The van der Waals surface area contributed by atoms with Crippen LogP contribution in [0.1, 0.15) is 5.56 Å². The Morgan fingerprint density at radius 1 is 1.11 bits per heavy atom. The van der Waals surface area contributed by atoms with Gasteiger partial charge in [-0.15, -0.1) is 0 Å². The van der Waals surface area contributed by atoms with Crippen LogP contribution in [0.3, 0.4) is 0 Å². The monoisotopic (exact) mass is 258 g/mol. The first-order valence-electron chi connectivity index (χ1n) is 5.45. The van der Waals surface area contributed by atoms with Crippen molar-refractivity contribution in [2.45, 2.75) is 0 Å². The third-order valence-corrected chi connectivity index (χ3v) is 2.47. The summed E-state index contributed by atoms with van der Waals surface area (Å²) in [7, 11) is 1.49. The second-order valence-corrected chi connectivity index (χ2v) is 3.76. The predicted molar refractivity (Wildman–Crippen MR) is 68.6 cm³/mol. The second kappa shape index (κ2) is 5.27. The average molecular weight is 258 g/mol. The zero-order valence-electron chi connectivity index (χ0n) is 10.2. The molecule has 5 heteroatoms. The molecular formula is C14H11FN2O2. The average Bonchev–Trinajstić information content (AvgIpc) is 2.41. The van der Waals surface area contributed by atoms with Crippen LogP contribution in [0.5, 0.6) is 17.2 Å². The standard InChI is InChI=1S/C14H11FN2O2/c1-18-13-5-3-11(17)7-14(13)19-12-4-2-10(15)6-9(12)8-16/h2-7H,17H2,1H3. The number of nitriles is 1. The van der Waals surface area contributed by atoms with E-state index in [4.69, 9.17) is 20.5 Å². The molecule has 0 unspecified atom stereocenters. The highest BCUT2D eigenvalue weighted by Gasteiger charge is 2.10. The number of hydrogen-bond donors (Lipinski definition) is 1. The lowest BCUT2D eigenvalue weighted by Gasteiger charge is -2.11. The van der Waals surface area contributed by atoms with Crippen LogP contribution in [0.15, 0.2) is 36.4 Å². The van der Waals surface area contributed by atoms with E-state index in [1.165, 1.54) is 19.2 Å². The molecule has 4 nitrogen and oxygen atoms in total. The molecule has 0 atom stereocenters. The Hall–Kier alpha value is -2.74. The molecule has 0 heterocycles. The van der Waals surface area contributed by atoms with Gasteiger partial charge in [0.1, 0.15) is 17.6 Å². The minimum Gasteiger partial charge on any atom is -0.493 e. The quantitative estimate of drug-likeness (QED) is 0.859. The Kier molecular flexibility index (Phi) is 3.53. The van der Waals surface area contributed by atoms with Crippen molar-refractivity contribution in [3.63, 3.8) is 0 Å². The van der Waals surface area contributed by atoms with Crippen LogP contribution in [0.2, 0.25) is 0 Å². The highest BCUT2D eigenvalue weighted by molar-refractivity contribution is 5.54. The number of rotatable bonds is 3. The fourth-order valence-corrected chi connectivity index (χ4v) is 1.57. The number of halogens is 1. The Bertz CT molecular complexity index is 650. The minimum atomic E-state index is -0.497. The molecule has 0 aliphatic carbocycles. The zero-order valence-corrected chi connectivity index (χ0v) is 10.2. The van der Waals surface area contributed by atoms with Gasteiger partial charge in [-0.2, -0.15) is 5.26 Å². The molecule has 0 amide bonds. The summed E-state index contributed by atoms with van der Waals surface area (Å²) in [6, 6.07) is 10.5. The van der Waals surface area contributed by atoms with Crippen molar-refractivity contribution in [1.29, 1.82) is 5.26 Å². The van der Waals surface area contributed by atoms with Gasteiger partial charge in [0.2, 0.25) is 0 Å². The Labute approximate surface area is 109 Å². The summed E-state index contributed by atoms with van der Waals surface area (Å²) in [4.78, 5) is 0. The zero-order chi connectivity index (χ0) is 13.8. The van der Waals surface area contributed by atoms with Gasteiger partial charge in [0.25, 0.3) is 0 Å². The van der Waals surface area contributed by atoms with Crippen molar-refractivity contribution >= 4 is 5.69 Å². The maximum absolute atomic E-state index is 13.0. The van der Waals surface area contributed by atoms with E-state index in [1.807, 2.05) is 6.07 Å². The summed E-state index contributed by atoms with van der Waals surface area (Å²) in [5, 5.41) is 8.95. The molecule has 2 rings (SSSR count). The molecule has 19 heavy (non-hydrogen) atoms. The van der Waals surface area contributed by atoms with E-state index in [0.717, 1.165) is 6.07 Å². The molecule has 2 aromatic rings. The van der Waals surface area contributed by atoms with Gasteiger partial charge in [0.05, 0.1) is 12.7 Å². The summed E-state index contributed by atoms with van der Waals surface area (Å²) < 4.78 is 23.7. The molecule has 0 aliphatic rings. The molecule has 0 fully saturated rings. The number of methoxy groups -OCH3 is 1. The first-order valence-corrected chi connectivity index (χ1v) is 5.45. The molecule has 0 saturated heterocycles. The molecule has 2 aromatic carbocycles. The molecule has 0 spiro atoms. The van der Waals surface area contributed by atoms with Crippen LogP contribution in [0, 0.1) is 17.1 Å². The van der Waals surface area contributed by atoms with Crippen LogP contribution in [-0.2, 0) is 0 Å². The lowest BCUT2D eigenvalue weighted by Crippen LogP contribution is -1.94. The van der Waals surface area contributed by atoms with Gasteiger partial charge in [0, 0.05) is 11.8 Å². The van der Waals surface area contributed by atoms with Crippen LogP contribution < -0.4 is 15.2 Å². The number of ether oxygens (including phenoxy) is 2. The number of nitrogens with two attached hydrogens (primary N) is 1. The van der Waals surface area contributed by atoms with Gasteiger partial charge >= 0.3 is 0 Å². The Morgan fingerprint density at radius 2 is 1.84 bits per heavy atom. The normalized spacial score (nSPS) is 9.74. The van der Waals surface area contributed by atoms with E-state index in [-0.39, 0.29) is 11.3 Å². The summed E-state index contributed by atoms with van der Waals surface area (Å²) in [6.07, 6.45) is 0. The molecule has 0 bridgehead atoms. The SMILES string of the molecule is COc1ccc(N)cc1Oc1ccc(F)cc1C#N. The van der Waals surface area contributed by atoms with E-state index < -0.39 is 5.82 Å². The molecule has 0 aliphatic heterocycles. The molecule has 0 radical (unpaired) electrons. The van der Waals surface area contributed by atoms with E-state index in [1.54, 1.807) is 18.2 Å². The largest absolute Gasteiger partial charge is 0.493 e. The van der Waals surface area contributed by atoms with Crippen molar-refractivity contribution in [1.82, 2.24) is 0 Å². The molecule has 0 saturated carbocycles. The third-order valence-electron chi connectivity index (χ3n) is 2.47. The summed E-state index contributed by atoms with van der Waals surface area (Å²) in [5.41, 5.74) is 6.27. The van der Waals surface area contributed by atoms with Gasteiger partial charge < -0.3 is 15.2 Å². The number of anilines is 1. The van der Waals surface area contributed by atoms with Gasteiger partial charge in [-0.05, 0) is 30.3 Å². The topological polar surface area (TPSA) is 68.3 Å². The predicted octanol–water partition coefficient (Wildman–Crippen LogP) is 3.08. The van der Waals surface area contributed by atoms with E-state index in [2.05, 4.69) is 0 Å². The highest BCUT2D eigenvalue weighted by Crippen LogP contribution is 2.34. The number of hydrogen-bond acceptors (Lipinski definition) is 4. The molecule has 96 valence electrons. The molecule has 0 aromatic heterocycles. The van der Waals surface area contributed by atoms with Crippen LogP contribution >= 0.6 is 0 Å². The van der Waals surface area contributed by atoms with Crippen molar-refractivity contribution in [2.24, 2.45) is 0 Å². The fourth-order valence-electron chi connectivity index (χ4n) is 1.57. The van der Waals surface area contributed by atoms with E-state index in [9.17, 15) is 4.39 Å². The third kappa shape index (κ3) is 2.75. The van der Waals surface area contributed by atoms with Crippen LogP contribution in [0.4, 0.5) is 10.1 Å². The molecular weight excluding hydrogens is 247 g/mol. The molecule has 2 N–H and O–H groups in total. The van der Waals surface area contributed by atoms with Crippen molar-refractivity contribution in [2.75, 3.05) is 12.8 Å². The number of nitrogen functional groups attached to an aromatic ring is 1. The maximum atomic E-state index is 13.0. The minimum absolute atomic E-state index is 0.101. The lowest BCUT2D eigenvalue weighted by molar-refractivity contribution is 0.378. The Morgan fingerprint density at radius 3 is 2.53 bits per heavy atom. The van der Waals surface area contributed by atoms with Gasteiger partial charge in [-0.25, -0.2) is 4.39 Å². The summed E-state index contributed by atoms with van der Waals surface area (Å²) >= 11 is 0. The fraction of sp³-hybridized carbons (Fsp3) is 0.0714. The smallest absolute Gasteiger partial charge is 0.171 e. The summed E-state index contributed by atoms with van der Waals surface area (Å²) in [6.45, 7) is 0. The van der Waals surface area contributed by atoms with Gasteiger partial charge in [0.15, 0.2) is 11.5 Å². The van der Waals surface area contributed by atoms with Gasteiger partial charge in [-0.3, -0.25) is 0 Å². The van der Waals surface area contributed by atoms with Crippen LogP contribution in [-0.4, -0.2) is 7.11 Å². The first kappa shape index (κ1) is 12.7. The maximum Gasteiger partial charge on any atom is 0.171 e. The Balaban J connectivity index is 2.41. The van der Waals surface area contributed by atoms with E-state index in [0.29, 0.717) is 17.2 Å². The number of benzene rings is 2. The highest BCUT2D eigenvalue weighted by atomic mass is 19.1. The number of nitrogens with zero attached hydrogens (tertiary/aromatic N) is 1. The first-order chi connectivity index (χ1) is 9.13. The lowest BCUT2D eigenvalue weighted by atomic mass is 10.2. The van der Waals surface area contributed by atoms with Crippen molar-refractivity contribution in [3.05, 3.63) is 47.8 Å². The summed E-state index contributed by atoms with van der Waals surface area (Å²) in [5.74, 6) is 0.587. The van der Waals surface area contributed by atoms with Crippen LogP contribution in [0.25, 0.3) is 0 Å². The van der Waals surface area contributed by atoms with Crippen molar-refractivity contribution < 1.29 is 13.9 Å².